The molecule has 3 aromatic rings. The van der Waals surface area contributed by atoms with E-state index in [1.807, 2.05) is 18.2 Å². The number of fused-ring (bicyclic) bond motifs is 2. The Hall–Kier alpha value is -2.65. The van der Waals surface area contributed by atoms with Gasteiger partial charge >= 0.3 is 0 Å². The molecule has 0 spiro atoms. The number of hydrogen-bond donors (Lipinski definition) is 0. The first-order valence-electron chi connectivity index (χ1n) is 10.3. The summed E-state index contributed by atoms with van der Waals surface area (Å²) in [6, 6.07) is 19.7. The maximum absolute atomic E-state index is 12.7. The number of ketones is 1. The van der Waals surface area contributed by atoms with E-state index in [4.69, 9.17) is 0 Å². The van der Waals surface area contributed by atoms with E-state index in [2.05, 4.69) is 68.3 Å². The van der Waals surface area contributed by atoms with E-state index in [1.54, 1.807) is 11.3 Å². The average molecular weight is 400 g/mol. The highest BCUT2D eigenvalue weighted by molar-refractivity contribution is 7.16. The molecule has 0 radical (unpaired) electrons. The number of hydrogen-bond acceptors (Lipinski definition) is 3. The van der Waals surface area contributed by atoms with Gasteiger partial charge in [0.1, 0.15) is 0 Å². The lowest BCUT2D eigenvalue weighted by Crippen LogP contribution is -2.39. The van der Waals surface area contributed by atoms with Crippen LogP contribution in [0.5, 0.6) is 0 Å². The highest BCUT2D eigenvalue weighted by atomic mass is 32.1. The van der Waals surface area contributed by atoms with Crippen LogP contribution in [0.4, 0.5) is 5.69 Å². The predicted octanol–water partition coefficient (Wildman–Crippen LogP) is 6.25. The second-order valence-corrected chi connectivity index (χ2v) is 9.53. The minimum Gasteiger partial charge on any atom is -0.371 e. The Morgan fingerprint density at radius 3 is 2.69 bits per heavy atom. The van der Waals surface area contributed by atoms with Gasteiger partial charge in [-0.15, -0.1) is 11.3 Å². The van der Waals surface area contributed by atoms with Gasteiger partial charge in [0.05, 0.1) is 0 Å². The SMILES string of the molecule is CC1Cc2cc(-c3ccc(/C=C4\Cc5ccccc5C4=O)s3)ccc2N(C)C1C. The molecule has 1 aliphatic carbocycles. The Morgan fingerprint density at radius 2 is 1.86 bits per heavy atom. The fourth-order valence-corrected chi connectivity index (χ4v) is 5.57. The fraction of sp³-hybridized carbons (Fsp3) is 0.269. The van der Waals surface area contributed by atoms with Crippen molar-refractivity contribution in [1.29, 1.82) is 0 Å². The summed E-state index contributed by atoms with van der Waals surface area (Å²) in [6.07, 6.45) is 3.94. The average Bonchev–Trinajstić information content (AvgIpc) is 3.31. The van der Waals surface area contributed by atoms with Crippen LogP contribution in [-0.2, 0) is 12.8 Å². The van der Waals surface area contributed by atoms with Crippen molar-refractivity contribution < 1.29 is 4.79 Å². The third-order valence-corrected chi connectivity index (χ3v) is 7.68. The molecule has 1 aromatic heterocycles. The number of Topliss-reactive ketones (excluding diaryl/α,β-unsaturated/α-hetero) is 1. The molecule has 146 valence electrons. The lowest BCUT2D eigenvalue weighted by molar-refractivity contribution is 0.104. The quantitative estimate of drug-likeness (QED) is 0.474. The predicted molar refractivity (Wildman–Crippen MR) is 123 cm³/mol. The van der Waals surface area contributed by atoms with E-state index in [1.165, 1.54) is 21.7 Å². The molecule has 1 aliphatic heterocycles. The first kappa shape index (κ1) is 18.4. The number of nitrogens with zero attached hydrogens (tertiary/aromatic N) is 1. The van der Waals surface area contributed by atoms with Gasteiger partial charge < -0.3 is 4.90 Å². The maximum atomic E-state index is 12.7. The summed E-state index contributed by atoms with van der Waals surface area (Å²) < 4.78 is 0. The molecule has 0 amide bonds. The van der Waals surface area contributed by atoms with Crippen molar-refractivity contribution in [3.63, 3.8) is 0 Å². The monoisotopic (exact) mass is 399 g/mol. The molecule has 3 heteroatoms. The second-order valence-electron chi connectivity index (χ2n) is 8.41. The first-order valence-corrected chi connectivity index (χ1v) is 11.1. The molecule has 5 rings (SSSR count). The van der Waals surface area contributed by atoms with E-state index in [-0.39, 0.29) is 5.78 Å². The van der Waals surface area contributed by atoms with Gasteiger partial charge in [0.2, 0.25) is 0 Å². The summed E-state index contributed by atoms with van der Waals surface area (Å²) >= 11 is 1.76. The van der Waals surface area contributed by atoms with Gasteiger partial charge in [-0.1, -0.05) is 37.3 Å². The molecule has 2 aromatic carbocycles. The standard InChI is InChI=1S/C26H25NOS/c1-16-12-20-14-19(8-10-24(20)27(3)17(16)2)25-11-9-22(29-25)15-21-13-18-6-4-5-7-23(18)26(21)28/h4-11,14-17H,12-13H2,1-3H3/b21-15+. The summed E-state index contributed by atoms with van der Waals surface area (Å²) in [7, 11) is 2.20. The number of anilines is 1. The summed E-state index contributed by atoms with van der Waals surface area (Å²) in [5.41, 5.74) is 6.96. The molecule has 0 saturated carbocycles. The van der Waals surface area contributed by atoms with E-state index < -0.39 is 0 Å². The molecule has 2 heterocycles. The summed E-state index contributed by atoms with van der Waals surface area (Å²) in [4.78, 5) is 17.5. The van der Waals surface area contributed by atoms with Crippen molar-refractivity contribution in [2.75, 3.05) is 11.9 Å². The second kappa shape index (κ2) is 7.00. The molecular weight excluding hydrogens is 374 g/mol. The Kier molecular flexibility index (Phi) is 4.44. The van der Waals surface area contributed by atoms with Gasteiger partial charge in [-0.2, -0.15) is 0 Å². The lowest BCUT2D eigenvalue weighted by Gasteiger charge is -2.38. The molecule has 2 nitrogen and oxygen atoms in total. The van der Waals surface area contributed by atoms with Crippen molar-refractivity contribution in [2.24, 2.45) is 5.92 Å². The highest BCUT2D eigenvalue weighted by Gasteiger charge is 2.26. The van der Waals surface area contributed by atoms with Crippen molar-refractivity contribution in [2.45, 2.75) is 32.7 Å². The van der Waals surface area contributed by atoms with Gasteiger partial charge in [0, 0.05) is 46.1 Å². The molecule has 29 heavy (non-hydrogen) atoms. The van der Waals surface area contributed by atoms with Crippen LogP contribution >= 0.6 is 11.3 Å². The number of allylic oxidation sites excluding steroid dienone is 1. The molecule has 2 atom stereocenters. The molecule has 0 bridgehead atoms. The Bertz CT molecular complexity index is 1140. The van der Waals surface area contributed by atoms with Crippen molar-refractivity contribution in [3.05, 3.63) is 81.7 Å². The third kappa shape index (κ3) is 3.14. The number of carbonyl (C=O) groups excluding carboxylic acids is 1. The van der Waals surface area contributed by atoms with E-state index >= 15 is 0 Å². The molecular formula is C26H25NOS. The van der Waals surface area contributed by atoms with Crippen LogP contribution in [0.1, 0.15) is 40.2 Å². The Balaban J connectivity index is 1.43. The molecule has 0 saturated heterocycles. The molecule has 0 N–H and O–H groups in total. The fourth-order valence-electron chi connectivity index (χ4n) is 4.59. The van der Waals surface area contributed by atoms with Crippen LogP contribution < -0.4 is 4.90 Å². The van der Waals surface area contributed by atoms with Crippen LogP contribution in [0.25, 0.3) is 16.5 Å². The minimum atomic E-state index is 0.176. The summed E-state index contributed by atoms with van der Waals surface area (Å²) in [6.45, 7) is 4.64. The number of thiophene rings is 1. The van der Waals surface area contributed by atoms with Gasteiger partial charge in [0.15, 0.2) is 5.78 Å². The van der Waals surface area contributed by atoms with Crippen LogP contribution in [-0.4, -0.2) is 18.9 Å². The van der Waals surface area contributed by atoms with Crippen molar-refractivity contribution >= 4 is 28.9 Å². The minimum absolute atomic E-state index is 0.176. The lowest BCUT2D eigenvalue weighted by atomic mass is 9.87. The zero-order chi connectivity index (χ0) is 20.1. The van der Waals surface area contributed by atoms with E-state index in [9.17, 15) is 4.79 Å². The maximum Gasteiger partial charge on any atom is 0.189 e. The van der Waals surface area contributed by atoms with Crippen LogP contribution in [0.3, 0.4) is 0 Å². The summed E-state index contributed by atoms with van der Waals surface area (Å²) in [5, 5.41) is 0. The molecule has 2 unspecified atom stereocenters. The Morgan fingerprint density at radius 1 is 1.03 bits per heavy atom. The number of benzene rings is 2. The van der Waals surface area contributed by atoms with Crippen LogP contribution in [0, 0.1) is 5.92 Å². The van der Waals surface area contributed by atoms with Crippen LogP contribution in [0.15, 0.2) is 60.2 Å². The van der Waals surface area contributed by atoms with E-state index in [0.29, 0.717) is 12.0 Å². The smallest absolute Gasteiger partial charge is 0.189 e. The van der Waals surface area contributed by atoms with Crippen molar-refractivity contribution in [3.8, 4) is 10.4 Å². The zero-order valence-corrected chi connectivity index (χ0v) is 17.9. The normalized spacial score (nSPS) is 22.1. The number of carbonyl (C=O) groups is 1. The Labute approximate surface area is 176 Å². The number of rotatable bonds is 2. The summed E-state index contributed by atoms with van der Waals surface area (Å²) in [5.74, 6) is 0.830. The third-order valence-electron chi connectivity index (χ3n) is 6.60. The van der Waals surface area contributed by atoms with E-state index in [0.717, 1.165) is 34.4 Å². The van der Waals surface area contributed by atoms with Crippen LogP contribution in [0.2, 0.25) is 0 Å². The van der Waals surface area contributed by atoms with Gasteiger partial charge in [-0.3, -0.25) is 4.79 Å². The molecule has 0 fully saturated rings. The van der Waals surface area contributed by atoms with Gasteiger partial charge in [-0.25, -0.2) is 0 Å². The topological polar surface area (TPSA) is 20.3 Å². The highest BCUT2D eigenvalue weighted by Crippen LogP contribution is 2.38. The molecule has 2 aliphatic rings. The largest absolute Gasteiger partial charge is 0.371 e. The first-order chi connectivity index (χ1) is 14.0. The van der Waals surface area contributed by atoms with Gasteiger partial charge in [0.25, 0.3) is 0 Å². The van der Waals surface area contributed by atoms with Crippen molar-refractivity contribution in [1.82, 2.24) is 0 Å². The zero-order valence-electron chi connectivity index (χ0n) is 17.1. The van der Waals surface area contributed by atoms with Gasteiger partial charge in [-0.05, 0) is 66.3 Å².